The maximum absolute atomic E-state index is 14.1. The number of aromatic nitrogens is 3. The Hall–Kier alpha value is -3.84. The van der Waals surface area contributed by atoms with Gasteiger partial charge in [-0.15, -0.1) is 16.4 Å². The van der Waals surface area contributed by atoms with Crippen LogP contribution in [0.25, 0.3) is 16.3 Å². The van der Waals surface area contributed by atoms with Crippen LogP contribution in [0.5, 0.6) is 0 Å². The number of carbonyl (C=O) groups is 1. The molecule has 0 fully saturated rings. The Bertz CT molecular complexity index is 1340. The van der Waals surface area contributed by atoms with Gasteiger partial charge in [-0.05, 0) is 23.3 Å². The first-order chi connectivity index (χ1) is 16.2. The molecule has 0 unspecified atom stereocenters. The second-order valence-corrected chi connectivity index (χ2v) is 8.47. The average Bonchev–Trinajstić information content (AvgIpc) is 3.43. The predicted octanol–water partition coefficient (Wildman–Crippen LogP) is 5.09. The molecule has 33 heavy (non-hydrogen) atoms. The molecule has 0 saturated carbocycles. The molecule has 2 heterocycles. The highest BCUT2D eigenvalue weighted by Crippen LogP contribution is 2.25. The lowest BCUT2D eigenvalue weighted by atomic mass is 9.90. The second kappa shape index (κ2) is 9.34. The molecule has 0 aliphatic rings. The van der Waals surface area contributed by atoms with E-state index in [-0.39, 0.29) is 17.6 Å². The van der Waals surface area contributed by atoms with Crippen LogP contribution in [0, 0.1) is 5.82 Å². The minimum atomic E-state index is -0.381. The zero-order chi connectivity index (χ0) is 22.6. The fraction of sp³-hybridized carbons (Fsp3) is 0.115. The largest absolute Gasteiger partial charge is 0.355 e. The SMILES string of the molecule is O=C(NCCc1csc2nc(-c3ccccc3F)nn12)C(c1ccccc1)c1ccccc1. The molecular formula is C26H21FN4OS. The normalized spacial score (nSPS) is 11.2. The van der Waals surface area contributed by atoms with Crippen LogP contribution < -0.4 is 5.32 Å². The number of nitrogens with one attached hydrogen (secondary N) is 1. The molecule has 0 saturated heterocycles. The van der Waals surface area contributed by atoms with E-state index < -0.39 is 0 Å². The zero-order valence-corrected chi connectivity index (χ0v) is 18.5. The molecule has 3 aromatic carbocycles. The Labute approximate surface area is 194 Å². The Morgan fingerprint density at radius 2 is 1.58 bits per heavy atom. The molecule has 7 heteroatoms. The fourth-order valence-electron chi connectivity index (χ4n) is 3.86. The molecule has 5 nitrogen and oxygen atoms in total. The minimum Gasteiger partial charge on any atom is -0.355 e. The van der Waals surface area contributed by atoms with Gasteiger partial charge in [-0.2, -0.15) is 4.98 Å². The van der Waals surface area contributed by atoms with Gasteiger partial charge in [0.2, 0.25) is 10.9 Å². The molecule has 1 amide bonds. The summed E-state index contributed by atoms with van der Waals surface area (Å²) in [5.41, 5.74) is 3.19. The van der Waals surface area contributed by atoms with Crippen LogP contribution >= 0.6 is 11.3 Å². The third kappa shape index (κ3) is 4.40. The number of benzene rings is 3. The highest BCUT2D eigenvalue weighted by Gasteiger charge is 2.22. The molecule has 5 rings (SSSR count). The summed E-state index contributed by atoms with van der Waals surface area (Å²) in [6, 6.07) is 26.0. The fourth-order valence-corrected chi connectivity index (χ4v) is 4.71. The molecule has 2 aromatic heterocycles. The van der Waals surface area contributed by atoms with Gasteiger partial charge in [0.15, 0.2) is 5.82 Å². The highest BCUT2D eigenvalue weighted by atomic mass is 32.1. The lowest BCUT2D eigenvalue weighted by Gasteiger charge is -2.17. The first-order valence-corrected chi connectivity index (χ1v) is 11.5. The van der Waals surface area contributed by atoms with Crippen LogP contribution in [0.1, 0.15) is 22.7 Å². The van der Waals surface area contributed by atoms with Crippen molar-refractivity contribution in [3.8, 4) is 11.4 Å². The van der Waals surface area contributed by atoms with Crippen LogP contribution in [-0.2, 0) is 11.2 Å². The summed E-state index contributed by atoms with van der Waals surface area (Å²) in [4.78, 5) is 18.3. The van der Waals surface area contributed by atoms with Gasteiger partial charge < -0.3 is 5.32 Å². The summed E-state index contributed by atoms with van der Waals surface area (Å²) in [7, 11) is 0. The Morgan fingerprint density at radius 1 is 0.939 bits per heavy atom. The molecule has 0 aliphatic carbocycles. The van der Waals surface area contributed by atoms with Crippen LogP contribution in [-0.4, -0.2) is 27.0 Å². The monoisotopic (exact) mass is 456 g/mol. The Morgan fingerprint density at radius 3 is 2.24 bits per heavy atom. The number of halogens is 1. The van der Waals surface area contributed by atoms with Crippen molar-refractivity contribution >= 4 is 22.2 Å². The first-order valence-electron chi connectivity index (χ1n) is 10.7. The Kier molecular flexibility index (Phi) is 5.95. The average molecular weight is 457 g/mol. The van der Waals surface area contributed by atoms with Gasteiger partial charge >= 0.3 is 0 Å². The van der Waals surface area contributed by atoms with Gasteiger partial charge in [0.25, 0.3) is 0 Å². The number of carbonyl (C=O) groups excluding carboxylic acids is 1. The van der Waals surface area contributed by atoms with Gasteiger partial charge in [-0.3, -0.25) is 4.79 Å². The molecule has 0 radical (unpaired) electrons. The van der Waals surface area contributed by atoms with Crippen molar-refractivity contribution in [2.45, 2.75) is 12.3 Å². The number of rotatable bonds is 7. The van der Waals surface area contributed by atoms with E-state index in [4.69, 9.17) is 0 Å². The number of thiazole rings is 1. The van der Waals surface area contributed by atoms with Gasteiger partial charge in [0.1, 0.15) is 5.82 Å². The van der Waals surface area contributed by atoms with Crippen LogP contribution in [0.4, 0.5) is 4.39 Å². The quantitative estimate of drug-likeness (QED) is 0.371. The van der Waals surface area contributed by atoms with Crippen LogP contribution in [0.2, 0.25) is 0 Å². The topological polar surface area (TPSA) is 59.3 Å². The summed E-state index contributed by atoms with van der Waals surface area (Å²) in [6.07, 6.45) is 0.585. The number of amides is 1. The van der Waals surface area contributed by atoms with Crippen molar-refractivity contribution in [2.24, 2.45) is 0 Å². The minimum absolute atomic E-state index is 0.0514. The van der Waals surface area contributed by atoms with Crippen molar-refractivity contribution in [2.75, 3.05) is 6.54 Å². The van der Waals surface area contributed by atoms with E-state index in [1.54, 1.807) is 22.7 Å². The molecular weight excluding hydrogens is 435 g/mol. The van der Waals surface area contributed by atoms with Gasteiger partial charge in [0, 0.05) is 18.3 Å². The van der Waals surface area contributed by atoms with Gasteiger partial charge in [-0.25, -0.2) is 8.91 Å². The molecule has 0 spiro atoms. The highest BCUT2D eigenvalue weighted by molar-refractivity contribution is 7.15. The summed E-state index contributed by atoms with van der Waals surface area (Å²) < 4.78 is 15.9. The maximum Gasteiger partial charge on any atom is 0.232 e. The number of hydrogen-bond acceptors (Lipinski definition) is 4. The molecule has 0 aliphatic heterocycles. The Balaban J connectivity index is 1.31. The molecule has 5 aromatic rings. The van der Waals surface area contributed by atoms with Crippen molar-refractivity contribution in [1.82, 2.24) is 19.9 Å². The number of hydrogen-bond donors (Lipinski definition) is 1. The van der Waals surface area contributed by atoms with Gasteiger partial charge in [-0.1, -0.05) is 72.8 Å². The number of nitrogens with zero attached hydrogens (tertiary/aromatic N) is 3. The lowest BCUT2D eigenvalue weighted by molar-refractivity contribution is -0.121. The zero-order valence-electron chi connectivity index (χ0n) is 17.7. The van der Waals surface area contributed by atoms with E-state index in [1.807, 2.05) is 66.0 Å². The summed E-state index contributed by atoms with van der Waals surface area (Å²) in [6.45, 7) is 0.454. The van der Waals surface area contributed by atoms with Crippen LogP contribution in [0.15, 0.2) is 90.3 Å². The van der Waals surface area contributed by atoms with E-state index in [0.717, 1.165) is 16.8 Å². The third-order valence-electron chi connectivity index (χ3n) is 5.47. The first kappa shape index (κ1) is 21.0. The van der Waals surface area contributed by atoms with E-state index in [0.29, 0.717) is 29.3 Å². The molecule has 0 atom stereocenters. The predicted molar refractivity (Wildman–Crippen MR) is 128 cm³/mol. The summed E-state index contributed by atoms with van der Waals surface area (Å²) in [5.74, 6) is -0.422. The van der Waals surface area contributed by atoms with Crippen molar-refractivity contribution in [1.29, 1.82) is 0 Å². The molecule has 164 valence electrons. The maximum atomic E-state index is 14.1. The third-order valence-corrected chi connectivity index (χ3v) is 6.34. The van der Waals surface area contributed by atoms with Crippen LogP contribution in [0.3, 0.4) is 0 Å². The lowest BCUT2D eigenvalue weighted by Crippen LogP contribution is -2.31. The standard InChI is InChI=1S/C26H21FN4OS/c27-22-14-8-7-13-21(22)24-29-26-31(30-24)20(17-33-26)15-16-28-25(32)23(18-9-3-1-4-10-18)19-11-5-2-6-12-19/h1-14,17,23H,15-16H2,(H,28,32). The second-order valence-electron chi connectivity index (χ2n) is 7.63. The summed E-state index contributed by atoms with van der Waals surface area (Å²) in [5, 5.41) is 9.54. The van der Waals surface area contributed by atoms with Crippen molar-refractivity contribution < 1.29 is 9.18 Å². The smallest absolute Gasteiger partial charge is 0.232 e. The van der Waals surface area contributed by atoms with E-state index >= 15 is 0 Å². The summed E-state index contributed by atoms with van der Waals surface area (Å²) >= 11 is 1.45. The van der Waals surface area contributed by atoms with Crippen molar-refractivity contribution in [3.63, 3.8) is 0 Å². The van der Waals surface area contributed by atoms with E-state index in [1.165, 1.54) is 17.4 Å². The molecule has 0 bridgehead atoms. The van der Waals surface area contributed by atoms with E-state index in [9.17, 15) is 9.18 Å². The molecule has 1 N–H and O–H groups in total. The van der Waals surface area contributed by atoms with E-state index in [2.05, 4.69) is 15.4 Å². The van der Waals surface area contributed by atoms with Crippen molar-refractivity contribution in [3.05, 3.63) is 113 Å². The van der Waals surface area contributed by atoms with Gasteiger partial charge in [0.05, 0.1) is 17.2 Å². The number of fused-ring (bicyclic) bond motifs is 1.